The molecule has 1 aromatic heterocycles. The van der Waals surface area contributed by atoms with Crippen LogP contribution in [0, 0.1) is 6.92 Å². The second-order valence-electron chi connectivity index (χ2n) is 4.30. The minimum absolute atomic E-state index is 0.264. The summed E-state index contributed by atoms with van der Waals surface area (Å²) in [6, 6.07) is 9.97. The van der Waals surface area contributed by atoms with Crippen LogP contribution in [0.2, 0.25) is 0 Å². The highest BCUT2D eigenvalue weighted by Crippen LogP contribution is 2.12. The number of hydrogen-bond acceptors (Lipinski definition) is 4. The molecule has 0 aliphatic carbocycles. The Kier molecular flexibility index (Phi) is 4.36. The van der Waals surface area contributed by atoms with Crippen molar-refractivity contribution in [1.82, 2.24) is 5.32 Å². The zero-order valence-electron chi connectivity index (χ0n) is 11.1. The Bertz CT molecular complexity index is 560. The molecule has 0 aliphatic heterocycles. The summed E-state index contributed by atoms with van der Waals surface area (Å²) in [5.74, 6) is -0.183. The summed E-state index contributed by atoms with van der Waals surface area (Å²) in [5, 5.41) is 3.30. The average molecular weight is 259 g/mol. The van der Waals surface area contributed by atoms with Crippen molar-refractivity contribution < 1.29 is 13.9 Å². The second kappa shape index (κ2) is 6.20. The minimum Gasteiger partial charge on any atom is -0.463 e. The van der Waals surface area contributed by atoms with Crippen LogP contribution in [0.1, 0.15) is 27.2 Å². The Labute approximate surface area is 112 Å². The highest BCUT2D eigenvalue weighted by molar-refractivity contribution is 5.87. The third-order valence-electron chi connectivity index (χ3n) is 3.01. The van der Waals surface area contributed by atoms with Crippen LogP contribution in [0.25, 0.3) is 0 Å². The largest absolute Gasteiger partial charge is 0.463 e. The van der Waals surface area contributed by atoms with E-state index in [1.165, 1.54) is 24.5 Å². The van der Waals surface area contributed by atoms with Crippen LogP contribution in [0.4, 0.5) is 0 Å². The molecular formula is C15H17NO3. The van der Waals surface area contributed by atoms with E-state index in [2.05, 4.69) is 29.1 Å². The first kappa shape index (κ1) is 13.4. The van der Waals surface area contributed by atoms with Gasteiger partial charge in [0.1, 0.15) is 0 Å². The van der Waals surface area contributed by atoms with E-state index >= 15 is 0 Å². The van der Waals surface area contributed by atoms with Gasteiger partial charge in [-0.1, -0.05) is 24.3 Å². The summed E-state index contributed by atoms with van der Waals surface area (Å²) in [6.07, 6.45) is 1.50. The van der Waals surface area contributed by atoms with Gasteiger partial charge >= 0.3 is 5.97 Å². The Morgan fingerprint density at radius 1 is 1.21 bits per heavy atom. The van der Waals surface area contributed by atoms with Gasteiger partial charge in [0.25, 0.3) is 0 Å². The maximum atomic E-state index is 11.4. The molecule has 0 amide bonds. The van der Waals surface area contributed by atoms with Crippen molar-refractivity contribution in [1.29, 1.82) is 0 Å². The van der Waals surface area contributed by atoms with E-state index in [0.717, 1.165) is 12.1 Å². The quantitative estimate of drug-likeness (QED) is 0.839. The molecule has 2 aromatic rings. The van der Waals surface area contributed by atoms with Gasteiger partial charge in [-0.3, -0.25) is 0 Å². The fourth-order valence-corrected chi connectivity index (χ4v) is 1.89. The molecule has 0 spiro atoms. The minimum atomic E-state index is -0.447. The Morgan fingerprint density at radius 2 is 1.95 bits per heavy atom. The molecule has 100 valence electrons. The summed E-state index contributed by atoms with van der Waals surface area (Å²) in [7, 11) is 1.34. The number of esters is 1. The van der Waals surface area contributed by atoms with E-state index in [4.69, 9.17) is 4.42 Å². The molecule has 0 atom stereocenters. The highest BCUT2D eigenvalue weighted by atomic mass is 16.5. The number of furan rings is 1. The average Bonchev–Trinajstić information content (AvgIpc) is 2.88. The van der Waals surface area contributed by atoms with Crippen molar-refractivity contribution in [2.45, 2.75) is 20.0 Å². The molecular weight excluding hydrogens is 242 g/mol. The number of carbonyl (C=O) groups excluding carboxylic acids is 1. The van der Waals surface area contributed by atoms with Gasteiger partial charge in [-0.25, -0.2) is 4.79 Å². The van der Waals surface area contributed by atoms with Crippen molar-refractivity contribution in [3.8, 4) is 0 Å². The Hall–Kier alpha value is -2.07. The highest BCUT2D eigenvalue weighted by Gasteiger charge is 2.15. The van der Waals surface area contributed by atoms with E-state index in [1.807, 2.05) is 12.1 Å². The third-order valence-corrected chi connectivity index (χ3v) is 3.01. The van der Waals surface area contributed by atoms with Crippen LogP contribution in [0.15, 0.2) is 41.0 Å². The van der Waals surface area contributed by atoms with Crippen molar-refractivity contribution in [3.05, 3.63) is 59.0 Å². The Balaban J connectivity index is 1.95. The maximum absolute atomic E-state index is 11.4. The topological polar surface area (TPSA) is 51.5 Å². The van der Waals surface area contributed by atoms with Crippen molar-refractivity contribution in [2.24, 2.45) is 0 Å². The lowest BCUT2D eigenvalue weighted by Crippen LogP contribution is -2.15. The SMILES string of the molecule is COC(=O)c1occc1CNCc1ccccc1C. The van der Waals surface area contributed by atoms with E-state index in [0.29, 0.717) is 6.54 Å². The molecule has 0 radical (unpaired) electrons. The van der Waals surface area contributed by atoms with Crippen LogP contribution in [0.3, 0.4) is 0 Å². The number of nitrogens with one attached hydrogen (secondary N) is 1. The zero-order chi connectivity index (χ0) is 13.7. The van der Waals surface area contributed by atoms with Crippen molar-refractivity contribution in [2.75, 3.05) is 7.11 Å². The number of methoxy groups -OCH3 is 1. The second-order valence-corrected chi connectivity index (χ2v) is 4.30. The maximum Gasteiger partial charge on any atom is 0.374 e. The molecule has 0 fully saturated rings. The number of carbonyl (C=O) groups is 1. The molecule has 0 saturated heterocycles. The van der Waals surface area contributed by atoms with Crippen LogP contribution in [-0.2, 0) is 17.8 Å². The van der Waals surface area contributed by atoms with Gasteiger partial charge in [0.05, 0.1) is 13.4 Å². The molecule has 1 N–H and O–H groups in total. The molecule has 19 heavy (non-hydrogen) atoms. The molecule has 0 unspecified atom stereocenters. The lowest BCUT2D eigenvalue weighted by molar-refractivity contribution is 0.0563. The molecule has 0 aliphatic rings. The first-order valence-corrected chi connectivity index (χ1v) is 6.12. The fraction of sp³-hybridized carbons (Fsp3) is 0.267. The standard InChI is InChI=1S/C15H17NO3/c1-11-5-3-4-6-12(11)9-16-10-13-7-8-19-14(13)15(17)18-2/h3-8,16H,9-10H2,1-2H3. The van der Waals surface area contributed by atoms with E-state index in [-0.39, 0.29) is 5.76 Å². The van der Waals surface area contributed by atoms with Gasteiger partial charge in [0.15, 0.2) is 0 Å². The van der Waals surface area contributed by atoms with E-state index < -0.39 is 5.97 Å². The van der Waals surface area contributed by atoms with Crippen molar-refractivity contribution >= 4 is 5.97 Å². The third kappa shape index (κ3) is 3.23. The normalized spacial score (nSPS) is 10.4. The summed E-state index contributed by atoms with van der Waals surface area (Å²) < 4.78 is 9.79. The molecule has 0 saturated carbocycles. The summed E-state index contributed by atoms with van der Waals surface area (Å²) >= 11 is 0. The van der Waals surface area contributed by atoms with Gasteiger partial charge in [0, 0.05) is 18.7 Å². The van der Waals surface area contributed by atoms with Gasteiger partial charge in [-0.05, 0) is 24.1 Å². The van der Waals surface area contributed by atoms with Crippen LogP contribution >= 0.6 is 0 Å². The number of hydrogen-bond donors (Lipinski definition) is 1. The molecule has 1 aromatic carbocycles. The summed E-state index contributed by atoms with van der Waals surface area (Å²) in [6.45, 7) is 3.39. The molecule has 4 nitrogen and oxygen atoms in total. The van der Waals surface area contributed by atoms with Crippen LogP contribution in [0.5, 0.6) is 0 Å². The van der Waals surface area contributed by atoms with Crippen molar-refractivity contribution in [3.63, 3.8) is 0 Å². The van der Waals surface area contributed by atoms with E-state index in [1.54, 1.807) is 6.07 Å². The fourth-order valence-electron chi connectivity index (χ4n) is 1.89. The smallest absolute Gasteiger partial charge is 0.374 e. The van der Waals surface area contributed by atoms with E-state index in [9.17, 15) is 4.79 Å². The summed E-state index contributed by atoms with van der Waals surface area (Å²) in [5.41, 5.74) is 3.29. The monoisotopic (exact) mass is 259 g/mol. The first-order valence-electron chi connectivity index (χ1n) is 6.12. The van der Waals surface area contributed by atoms with Gasteiger partial charge < -0.3 is 14.5 Å². The zero-order valence-corrected chi connectivity index (χ0v) is 11.1. The lowest BCUT2D eigenvalue weighted by Gasteiger charge is -2.07. The number of aryl methyl sites for hydroxylation is 1. The predicted molar refractivity (Wildman–Crippen MR) is 71.8 cm³/mol. The molecule has 1 heterocycles. The summed E-state index contributed by atoms with van der Waals surface area (Å²) in [4.78, 5) is 11.4. The number of rotatable bonds is 5. The van der Waals surface area contributed by atoms with Gasteiger partial charge in [-0.2, -0.15) is 0 Å². The van der Waals surface area contributed by atoms with Crippen LogP contribution in [-0.4, -0.2) is 13.1 Å². The first-order chi connectivity index (χ1) is 9.22. The van der Waals surface area contributed by atoms with Gasteiger partial charge in [0.2, 0.25) is 5.76 Å². The molecule has 2 rings (SSSR count). The number of benzene rings is 1. The molecule has 0 bridgehead atoms. The van der Waals surface area contributed by atoms with Crippen LogP contribution < -0.4 is 5.32 Å². The predicted octanol–water partition coefficient (Wildman–Crippen LogP) is 2.66. The lowest BCUT2D eigenvalue weighted by atomic mass is 10.1. The molecule has 4 heteroatoms. The van der Waals surface area contributed by atoms with Gasteiger partial charge in [-0.15, -0.1) is 0 Å². The Morgan fingerprint density at radius 3 is 2.68 bits per heavy atom. The number of ether oxygens (including phenoxy) is 1.